The molecule has 1 aliphatic heterocycles. The highest BCUT2D eigenvalue weighted by Crippen LogP contribution is 2.17. The number of ether oxygens (including phenoxy) is 1. The first-order chi connectivity index (χ1) is 13.0. The van der Waals surface area contributed by atoms with Crippen molar-refractivity contribution in [3.8, 4) is 0 Å². The Morgan fingerprint density at radius 3 is 2.41 bits per heavy atom. The molecule has 1 saturated heterocycles. The second-order valence-corrected chi connectivity index (χ2v) is 7.83. The number of thiophene rings is 1. The molecule has 1 aromatic carbocycles. The van der Waals surface area contributed by atoms with Gasteiger partial charge in [0, 0.05) is 47.7 Å². The van der Waals surface area contributed by atoms with Gasteiger partial charge in [-0.2, -0.15) is 0 Å². The minimum atomic E-state index is -0.782. The van der Waals surface area contributed by atoms with Gasteiger partial charge in [-0.15, -0.1) is 11.3 Å². The number of para-hydroxylation sites is 1. The van der Waals surface area contributed by atoms with E-state index in [0.29, 0.717) is 13.1 Å². The van der Waals surface area contributed by atoms with Gasteiger partial charge in [0.1, 0.15) is 0 Å². The van der Waals surface area contributed by atoms with Crippen molar-refractivity contribution in [3.63, 3.8) is 0 Å². The molecule has 1 fully saturated rings. The highest BCUT2D eigenvalue weighted by molar-refractivity contribution is 7.12. The van der Waals surface area contributed by atoms with Gasteiger partial charge < -0.3 is 14.5 Å². The largest absolute Gasteiger partial charge is 0.449 e. The topological polar surface area (TPSA) is 49.9 Å². The molecule has 0 aliphatic carbocycles. The SMILES string of the molecule is Cc1ccc(/C=C/C(=O)O[C@@H](C)C(=O)N2CCN(c3ccccc3)CC2)s1. The van der Waals surface area contributed by atoms with Crippen molar-refractivity contribution in [3.05, 3.63) is 58.3 Å². The van der Waals surface area contributed by atoms with E-state index in [4.69, 9.17) is 4.74 Å². The van der Waals surface area contributed by atoms with Crippen LogP contribution in [0.3, 0.4) is 0 Å². The Kier molecular flexibility index (Phi) is 6.29. The third-order valence-electron chi connectivity index (χ3n) is 4.50. The van der Waals surface area contributed by atoms with Crippen molar-refractivity contribution in [1.29, 1.82) is 0 Å². The maximum Gasteiger partial charge on any atom is 0.331 e. The summed E-state index contributed by atoms with van der Waals surface area (Å²) in [5.41, 5.74) is 1.16. The molecule has 142 valence electrons. The quantitative estimate of drug-likeness (QED) is 0.586. The lowest BCUT2D eigenvalue weighted by Crippen LogP contribution is -2.51. The van der Waals surface area contributed by atoms with Crippen molar-refractivity contribution < 1.29 is 14.3 Å². The molecule has 5 nitrogen and oxygen atoms in total. The highest BCUT2D eigenvalue weighted by atomic mass is 32.1. The van der Waals surface area contributed by atoms with Crippen LogP contribution in [0, 0.1) is 6.92 Å². The van der Waals surface area contributed by atoms with Crippen molar-refractivity contribution in [2.24, 2.45) is 0 Å². The van der Waals surface area contributed by atoms with Gasteiger partial charge in [0.25, 0.3) is 5.91 Å². The van der Waals surface area contributed by atoms with Crippen LogP contribution in [0.1, 0.15) is 16.7 Å². The molecule has 1 atom stereocenters. The number of hydrogen-bond donors (Lipinski definition) is 0. The van der Waals surface area contributed by atoms with Crippen LogP contribution in [0.25, 0.3) is 6.08 Å². The van der Waals surface area contributed by atoms with E-state index in [1.165, 1.54) is 11.0 Å². The Balaban J connectivity index is 1.47. The average Bonchev–Trinajstić information content (AvgIpc) is 3.12. The van der Waals surface area contributed by atoms with Crippen LogP contribution < -0.4 is 4.90 Å². The molecule has 0 spiro atoms. The second kappa shape index (κ2) is 8.86. The normalized spacial score (nSPS) is 15.8. The van der Waals surface area contributed by atoms with Crippen LogP contribution in [0.2, 0.25) is 0 Å². The molecule has 2 heterocycles. The number of amides is 1. The van der Waals surface area contributed by atoms with Crippen molar-refractivity contribution in [1.82, 2.24) is 4.90 Å². The Labute approximate surface area is 163 Å². The monoisotopic (exact) mass is 384 g/mol. The van der Waals surface area contributed by atoms with E-state index >= 15 is 0 Å². The number of hydrogen-bond acceptors (Lipinski definition) is 5. The van der Waals surface area contributed by atoms with Crippen LogP contribution in [0.4, 0.5) is 5.69 Å². The van der Waals surface area contributed by atoms with Crippen LogP contribution >= 0.6 is 11.3 Å². The number of piperazine rings is 1. The van der Waals surface area contributed by atoms with Gasteiger partial charge >= 0.3 is 5.97 Å². The summed E-state index contributed by atoms with van der Waals surface area (Å²) in [7, 11) is 0. The van der Waals surface area contributed by atoms with Crippen LogP contribution in [-0.4, -0.2) is 49.1 Å². The molecule has 3 rings (SSSR count). The van der Waals surface area contributed by atoms with Gasteiger partial charge in [0.05, 0.1) is 0 Å². The molecular formula is C21H24N2O3S. The van der Waals surface area contributed by atoms with Crippen LogP contribution in [-0.2, 0) is 14.3 Å². The van der Waals surface area contributed by atoms with Gasteiger partial charge in [-0.25, -0.2) is 4.79 Å². The zero-order valence-electron chi connectivity index (χ0n) is 15.6. The fourth-order valence-electron chi connectivity index (χ4n) is 3.04. The van der Waals surface area contributed by atoms with Gasteiger partial charge in [-0.05, 0) is 44.2 Å². The van der Waals surface area contributed by atoms with E-state index < -0.39 is 12.1 Å². The molecule has 0 N–H and O–H groups in total. The van der Waals surface area contributed by atoms with Crippen molar-refractivity contribution in [2.75, 3.05) is 31.1 Å². The zero-order valence-corrected chi connectivity index (χ0v) is 16.4. The van der Waals surface area contributed by atoms with E-state index in [1.54, 1.807) is 29.2 Å². The molecule has 0 saturated carbocycles. The lowest BCUT2D eigenvalue weighted by atomic mass is 10.2. The second-order valence-electron chi connectivity index (χ2n) is 6.51. The summed E-state index contributed by atoms with van der Waals surface area (Å²) in [6, 6.07) is 14.1. The molecule has 0 radical (unpaired) electrons. The Morgan fingerprint density at radius 1 is 1.07 bits per heavy atom. The average molecular weight is 385 g/mol. The van der Waals surface area contributed by atoms with Crippen molar-refractivity contribution in [2.45, 2.75) is 20.0 Å². The van der Waals surface area contributed by atoms with Gasteiger partial charge in [0.15, 0.2) is 6.10 Å². The predicted octanol–water partition coefficient (Wildman–Crippen LogP) is 3.35. The Morgan fingerprint density at radius 2 is 1.78 bits per heavy atom. The van der Waals surface area contributed by atoms with Crippen LogP contribution in [0.5, 0.6) is 0 Å². The van der Waals surface area contributed by atoms with E-state index in [-0.39, 0.29) is 5.91 Å². The summed E-state index contributed by atoms with van der Waals surface area (Å²) in [4.78, 5) is 30.7. The van der Waals surface area contributed by atoms with E-state index in [2.05, 4.69) is 17.0 Å². The third kappa shape index (κ3) is 5.20. The van der Waals surface area contributed by atoms with Gasteiger partial charge in [0.2, 0.25) is 0 Å². The van der Waals surface area contributed by atoms with E-state index in [1.807, 2.05) is 37.3 Å². The molecule has 6 heteroatoms. The number of benzene rings is 1. The maximum atomic E-state index is 12.6. The number of anilines is 1. The number of aryl methyl sites for hydroxylation is 1. The fourth-order valence-corrected chi connectivity index (χ4v) is 3.82. The summed E-state index contributed by atoms with van der Waals surface area (Å²) in [5, 5.41) is 0. The smallest absolute Gasteiger partial charge is 0.331 e. The molecule has 0 unspecified atom stereocenters. The van der Waals surface area contributed by atoms with Gasteiger partial charge in [-0.3, -0.25) is 4.79 Å². The van der Waals surface area contributed by atoms with Gasteiger partial charge in [-0.1, -0.05) is 18.2 Å². The van der Waals surface area contributed by atoms with E-state index in [0.717, 1.165) is 23.7 Å². The Hall–Kier alpha value is -2.60. The minimum absolute atomic E-state index is 0.142. The lowest BCUT2D eigenvalue weighted by molar-refractivity contribution is -0.155. The lowest BCUT2D eigenvalue weighted by Gasteiger charge is -2.36. The third-order valence-corrected chi connectivity index (χ3v) is 5.46. The molecule has 2 aromatic rings. The molecular weight excluding hydrogens is 360 g/mol. The fraction of sp³-hybridized carbons (Fsp3) is 0.333. The highest BCUT2D eigenvalue weighted by Gasteiger charge is 2.26. The summed E-state index contributed by atoms with van der Waals surface area (Å²) in [5.74, 6) is -0.638. The first-order valence-electron chi connectivity index (χ1n) is 9.07. The number of carbonyl (C=O) groups is 2. The van der Waals surface area contributed by atoms with Crippen LogP contribution in [0.15, 0.2) is 48.5 Å². The number of nitrogens with zero attached hydrogens (tertiary/aromatic N) is 2. The zero-order chi connectivity index (χ0) is 19.2. The van der Waals surface area contributed by atoms with E-state index in [9.17, 15) is 9.59 Å². The molecule has 1 aliphatic rings. The first kappa shape index (κ1) is 19.2. The standard InChI is InChI=1S/C21H24N2O3S/c1-16-8-9-19(27-16)10-11-20(24)26-17(2)21(25)23-14-12-22(13-15-23)18-6-4-3-5-7-18/h3-11,17H,12-15H2,1-2H3/b11-10+/t17-/m0/s1. The summed E-state index contributed by atoms with van der Waals surface area (Å²) < 4.78 is 5.28. The minimum Gasteiger partial charge on any atom is -0.449 e. The summed E-state index contributed by atoms with van der Waals surface area (Å²) in [6.07, 6.45) is 2.31. The number of rotatable bonds is 5. The molecule has 0 bridgehead atoms. The number of carbonyl (C=O) groups excluding carboxylic acids is 2. The maximum absolute atomic E-state index is 12.6. The molecule has 1 amide bonds. The summed E-state index contributed by atoms with van der Waals surface area (Å²) >= 11 is 1.60. The predicted molar refractivity (Wildman–Crippen MR) is 109 cm³/mol. The number of esters is 1. The Bertz CT molecular complexity index is 808. The molecule has 27 heavy (non-hydrogen) atoms. The molecule has 1 aromatic heterocycles. The first-order valence-corrected chi connectivity index (χ1v) is 9.88. The van der Waals surface area contributed by atoms with Crippen molar-refractivity contribution >= 4 is 35.0 Å². The summed E-state index contributed by atoms with van der Waals surface area (Å²) in [6.45, 7) is 6.44.